The lowest BCUT2D eigenvalue weighted by molar-refractivity contribution is 0.00578. The number of methoxy groups -OCH3 is 1. The van der Waals surface area contributed by atoms with Crippen LogP contribution in [0.2, 0.25) is 5.02 Å². The molecule has 1 aliphatic heterocycles. The van der Waals surface area contributed by atoms with Crippen LogP contribution in [0, 0.1) is 0 Å². The zero-order valence-electron chi connectivity index (χ0n) is 23.8. The van der Waals surface area contributed by atoms with E-state index >= 15 is 0 Å². The minimum absolute atomic E-state index is 0.0444. The molecule has 0 bridgehead atoms. The summed E-state index contributed by atoms with van der Waals surface area (Å²) in [7, 11) is 0.570. The van der Waals surface area contributed by atoms with Crippen molar-refractivity contribution >= 4 is 36.9 Å². The first kappa shape index (κ1) is 28.9. The maximum atomic E-state index is 13.0. The van der Waals surface area contributed by atoms with E-state index in [4.69, 9.17) is 30.4 Å². The summed E-state index contributed by atoms with van der Waals surface area (Å²) in [5.41, 5.74) is 5.00. The second-order valence-corrected chi connectivity index (χ2v) is 11.6. The number of amides is 1. The first-order chi connectivity index (χ1) is 19.5. The Morgan fingerprint density at radius 1 is 0.951 bits per heavy atom. The van der Waals surface area contributed by atoms with Crippen LogP contribution in [0.5, 0.6) is 0 Å². The predicted molar refractivity (Wildman–Crippen MR) is 160 cm³/mol. The standard InChI is InChI=1S/C32H33BClNO6/c1-31(2)32(3,4)41-33(40-31)21(16-20-14-15-28(34)26(17-20)29(36)38-5)18-35-30(37)39-19-27-24-12-8-6-10-22(24)23-11-7-9-13-25(23)27/h6-17,27H,18-19H2,1-5H3,(H,35,37). The molecule has 0 unspecified atom stereocenters. The van der Waals surface area contributed by atoms with Crippen molar-refractivity contribution in [1.82, 2.24) is 5.32 Å². The normalized spacial score (nSPS) is 17.1. The highest BCUT2D eigenvalue weighted by molar-refractivity contribution is 6.56. The molecule has 2 aliphatic rings. The molecule has 0 atom stereocenters. The van der Waals surface area contributed by atoms with Crippen molar-refractivity contribution in [3.8, 4) is 11.1 Å². The van der Waals surface area contributed by atoms with E-state index in [2.05, 4.69) is 29.6 Å². The highest BCUT2D eigenvalue weighted by Crippen LogP contribution is 2.44. The summed E-state index contributed by atoms with van der Waals surface area (Å²) in [6, 6.07) is 21.4. The van der Waals surface area contributed by atoms with Gasteiger partial charge in [0.1, 0.15) is 6.61 Å². The molecule has 1 amide bonds. The van der Waals surface area contributed by atoms with Crippen LogP contribution in [0.15, 0.2) is 72.2 Å². The molecule has 41 heavy (non-hydrogen) atoms. The van der Waals surface area contributed by atoms with Gasteiger partial charge in [0.15, 0.2) is 0 Å². The number of esters is 1. The van der Waals surface area contributed by atoms with Crippen LogP contribution in [0.3, 0.4) is 0 Å². The lowest BCUT2D eigenvalue weighted by Gasteiger charge is -2.32. The Hall–Kier alpha value is -3.59. The van der Waals surface area contributed by atoms with Gasteiger partial charge in [0.25, 0.3) is 0 Å². The third-order valence-electron chi connectivity index (χ3n) is 8.08. The fourth-order valence-electron chi connectivity index (χ4n) is 5.13. The van der Waals surface area contributed by atoms with E-state index in [0.717, 1.165) is 22.3 Å². The maximum Gasteiger partial charge on any atom is 0.492 e. The number of alkyl carbamates (subject to hydrolysis) is 1. The first-order valence-corrected chi connectivity index (χ1v) is 13.9. The molecule has 0 radical (unpaired) electrons. The van der Waals surface area contributed by atoms with Crippen molar-refractivity contribution in [3.63, 3.8) is 0 Å². The number of ether oxygens (including phenoxy) is 2. The van der Waals surface area contributed by atoms with E-state index in [1.165, 1.54) is 7.11 Å². The molecule has 0 spiro atoms. The molecule has 1 heterocycles. The molecule has 3 aromatic carbocycles. The lowest BCUT2D eigenvalue weighted by Crippen LogP contribution is -2.41. The lowest BCUT2D eigenvalue weighted by atomic mass is 9.77. The quantitative estimate of drug-likeness (QED) is 0.251. The van der Waals surface area contributed by atoms with Gasteiger partial charge in [-0.05, 0) is 73.1 Å². The van der Waals surface area contributed by atoms with Crippen LogP contribution in [0.25, 0.3) is 17.2 Å². The van der Waals surface area contributed by atoms with Gasteiger partial charge in [-0.3, -0.25) is 0 Å². The fourth-order valence-corrected chi connectivity index (χ4v) is 5.33. The van der Waals surface area contributed by atoms with E-state index in [-0.39, 0.29) is 29.7 Å². The summed E-state index contributed by atoms with van der Waals surface area (Å²) < 4.78 is 23.1. The highest BCUT2D eigenvalue weighted by Gasteiger charge is 2.52. The van der Waals surface area contributed by atoms with Crippen molar-refractivity contribution in [3.05, 3.63) is 99.5 Å². The van der Waals surface area contributed by atoms with Crippen molar-refractivity contribution in [2.45, 2.75) is 44.8 Å². The predicted octanol–water partition coefficient (Wildman–Crippen LogP) is 6.68. The molecule has 7 nitrogen and oxygen atoms in total. The van der Waals surface area contributed by atoms with E-state index in [0.29, 0.717) is 11.0 Å². The fraction of sp³-hybridized carbons (Fsp3) is 0.312. The van der Waals surface area contributed by atoms with Crippen LogP contribution in [-0.2, 0) is 18.8 Å². The number of rotatable bonds is 7. The number of carbonyl (C=O) groups excluding carboxylic acids is 2. The summed E-state index contributed by atoms with van der Waals surface area (Å²) >= 11 is 6.22. The molecular weight excluding hydrogens is 541 g/mol. The van der Waals surface area contributed by atoms with Crippen molar-refractivity contribution in [2.75, 3.05) is 20.3 Å². The molecule has 9 heteroatoms. The maximum absolute atomic E-state index is 13.0. The molecular formula is C32H33BClNO6. The molecule has 0 aromatic heterocycles. The summed E-state index contributed by atoms with van der Waals surface area (Å²) in [6.45, 7) is 8.14. The number of halogens is 1. The minimum Gasteiger partial charge on any atom is -0.465 e. The largest absolute Gasteiger partial charge is 0.492 e. The Bertz CT molecular complexity index is 1460. The zero-order chi connectivity index (χ0) is 29.4. The van der Waals surface area contributed by atoms with E-state index in [1.807, 2.05) is 58.0 Å². The zero-order valence-corrected chi connectivity index (χ0v) is 24.6. The number of hydrogen-bond acceptors (Lipinski definition) is 6. The van der Waals surface area contributed by atoms with Crippen LogP contribution in [0.1, 0.15) is 60.7 Å². The molecule has 1 N–H and O–H groups in total. The molecule has 0 saturated carbocycles. The Morgan fingerprint density at radius 3 is 2.12 bits per heavy atom. The SMILES string of the molecule is COC(=O)c1cc(C=C(CNC(=O)OCC2c3ccccc3-c3ccccc32)B2OC(C)(C)C(C)(C)O2)ccc1Cl. The third kappa shape index (κ3) is 5.78. The number of hydrogen-bond donors (Lipinski definition) is 1. The van der Waals surface area contributed by atoms with E-state index in [1.54, 1.807) is 18.2 Å². The van der Waals surface area contributed by atoms with Crippen LogP contribution >= 0.6 is 11.6 Å². The monoisotopic (exact) mass is 573 g/mol. The molecule has 212 valence electrons. The highest BCUT2D eigenvalue weighted by atomic mass is 35.5. The van der Waals surface area contributed by atoms with Crippen LogP contribution in [-0.4, -0.2) is 50.6 Å². The molecule has 1 aliphatic carbocycles. The number of nitrogens with one attached hydrogen (secondary N) is 1. The molecule has 3 aromatic rings. The minimum atomic E-state index is -0.730. The molecule has 1 fully saturated rings. The summed E-state index contributed by atoms with van der Waals surface area (Å²) in [5.74, 6) is -0.587. The topological polar surface area (TPSA) is 83.1 Å². The van der Waals surface area contributed by atoms with E-state index < -0.39 is 30.4 Å². The van der Waals surface area contributed by atoms with Gasteiger partial charge in [-0.15, -0.1) is 0 Å². The number of benzene rings is 3. The number of fused-ring (bicyclic) bond motifs is 3. The summed E-state index contributed by atoms with van der Waals surface area (Å²) in [4.78, 5) is 25.2. The Balaban J connectivity index is 1.33. The molecule has 5 rings (SSSR count). The van der Waals surface area contributed by atoms with Gasteiger partial charge < -0.3 is 24.1 Å². The first-order valence-electron chi connectivity index (χ1n) is 13.5. The average Bonchev–Trinajstić information content (AvgIpc) is 3.39. The van der Waals surface area contributed by atoms with Gasteiger partial charge in [0, 0.05) is 12.5 Å². The van der Waals surface area contributed by atoms with Crippen molar-refractivity contribution in [1.29, 1.82) is 0 Å². The van der Waals surface area contributed by atoms with E-state index in [9.17, 15) is 9.59 Å². The molecule has 1 saturated heterocycles. The Kier molecular flexibility index (Phi) is 8.01. The second-order valence-electron chi connectivity index (χ2n) is 11.2. The second kappa shape index (κ2) is 11.4. The third-order valence-corrected chi connectivity index (χ3v) is 8.41. The Morgan fingerprint density at radius 2 is 1.54 bits per heavy atom. The average molecular weight is 574 g/mol. The van der Waals surface area contributed by atoms with Gasteiger partial charge in [-0.1, -0.05) is 72.3 Å². The summed E-state index contributed by atoms with van der Waals surface area (Å²) in [6.07, 6.45) is 1.26. The summed E-state index contributed by atoms with van der Waals surface area (Å²) in [5, 5.41) is 3.14. The van der Waals surface area contributed by atoms with Gasteiger partial charge in [-0.25, -0.2) is 9.59 Å². The van der Waals surface area contributed by atoms with Gasteiger partial charge >= 0.3 is 19.2 Å². The van der Waals surface area contributed by atoms with Gasteiger partial charge in [0.05, 0.1) is 28.9 Å². The van der Waals surface area contributed by atoms with Gasteiger partial charge in [-0.2, -0.15) is 0 Å². The Labute approximate surface area is 245 Å². The van der Waals surface area contributed by atoms with Crippen molar-refractivity contribution in [2.24, 2.45) is 0 Å². The smallest absolute Gasteiger partial charge is 0.465 e. The van der Waals surface area contributed by atoms with Crippen LogP contribution in [0.4, 0.5) is 4.79 Å². The number of carbonyl (C=O) groups is 2. The van der Waals surface area contributed by atoms with Crippen molar-refractivity contribution < 1.29 is 28.4 Å². The van der Waals surface area contributed by atoms with Crippen LogP contribution < -0.4 is 5.32 Å². The van der Waals surface area contributed by atoms with Gasteiger partial charge in [0.2, 0.25) is 0 Å².